The summed E-state index contributed by atoms with van der Waals surface area (Å²) in [5.74, 6) is 0.603. The van der Waals surface area contributed by atoms with Crippen LogP contribution in [0.4, 0.5) is 5.82 Å². The first-order valence-electron chi connectivity index (χ1n) is 7.20. The third-order valence-corrected chi connectivity index (χ3v) is 4.65. The lowest BCUT2D eigenvalue weighted by Crippen LogP contribution is -2.37. The Kier molecular flexibility index (Phi) is 3.80. The Hall–Kier alpha value is -2.42. The number of aromatic nitrogens is 2. The highest BCUT2D eigenvalue weighted by atomic mass is 32.2. The maximum atomic E-state index is 12.4. The third kappa shape index (κ3) is 3.19. The van der Waals surface area contributed by atoms with Crippen LogP contribution in [-0.4, -0.2) is 47.1 Å². The number of carbonyl (C=O) groups excluding carboxylic acids is 1. The molecule has 23 heavy (non-hydrogen) atoms. The van der Waals surface area contributed by atoms with E-state index < -0.39 is 10.0 Å². The fraction of sp³-hybridized carbons (Fsp3) is 0.357. The van der Waals surface area contributed by atoms with Crippen molar-refractivity contribution in [1.82, 2.24) is 14.7 Å². The molecule has 2 aliphatic rings. The van der Waals surface area contributed by atoms with E-state index in [4.69, 9.17) is 0 Å². The van der Waals surface area contributed by atoms with Crippen LogP contribution < -0.4 is 5.32 Å². The van der Waals surface area contributed by atoms with Crippen LogP contribution in [0, 0.1) is 0 Å². The second-order valence-corrected chi connectivity index (χ2v) is 7.31. The van der Waals surface area contributed by atoms with Gasteiger partial charge in [-0.1, -0.05) is 0 Å². The molecule has 0 bridgehead atoms. The third-order valence-electron chi connectivity index (χ3n) is 3.49. The van der Waals surface area contributed by atoms with Crippen LogP contribution in [0.3, 0.4) is 0 Å². The van der Waals surface area contributed by atoms with Gasteiger partial charge in [-0.2, -0.15) is 5.10 Å². The van der Waals surface area contributed by atoms with E-state index in [1.54, 1.807) is 34.1 Å². The summed E-state index contributed by atoms with van der Waals surface area (Å²) in [6.45, 7) is 4.23. The Balaban J connectivity index is 1.79. The Morgan fingerprint density at radius 3 is 2.87 bits per heavy atom. The summed E-state index contributed by atoms with van der Waals surface area (Å²) in [5, 5.41) is 6.97. The molecule has 1 amide bonds. The van der Waals surface area contributed by atoms with Gasteiger partial charge in [-0.05, 0) is 26.0 Å². The first kappa shape index (κ1) is 15.5. The van der Waals surface area contributed by atoms with Gasteiger partial charge in [-0.3, -0.25) is 4.79 Å². The summed E-state index contributed by atoms with van der Waals surface area (Å²) in [6, 6.07) is 1.85. The van der Waals surface area contributed by atoms with Crippen LogP contribution in [0.15, 0.2) is 40.6 Å². The van der Waals surface area contributed by atoms with Gasteiger partial charge in [0.2, 0.25) is 0 Å². The van der Waals surface area contributed by atoms with E-state index in [0.29, 0.717) is 17.2 Å². The SMILES string of the molecule is CC(C)n1nccc1NC(=O)C1=CN2CCS(=O)(=O)N=C2C=C1. The van der Waals surface area contributed by atoms with Crippen LogP contribution in [0.5, 0.6) is 0 Å². The Morgan fingerprint density at radius 2 is 2.13 bits per heavy atom. The Morgan fingerprint density at radius 1 is 1.35 bits per heavy atom. The van der Waals surface area contributed by atoms with Gasteiger partial charge in [0.15, 0.2) is 0 Å². The minimum atomic E-state index is -3.39. The topological polar surface area (TPSA) is 96.7 Å². The molecular weight excluding hydrogens is 318 g/mol. The van der Waals surface area contributed by atoms with E-state index in [0.717, 1.165) is 0 Å². The molecule has 0 fully saturated rings. The first-order chi connectivity index (χ1) is 10.9. The number of fused-ring (bicyclic) bond motifs is 1. The van der Waals surface area contributed by atoms with Gasteiger partial charge in [-0.25, -0.2) is 13.1 Å². The molecule has 8 nitrogen and oxygen atoms in total. The molecule has 0 unspecified atom stereocenters. The lowest BCUT2D eigenvalue weighted by Gasteiger charge is -2.27. The highest BCUT2D eigenvalue weighted by Crippen LogP contribution is 2.18. The highest BCUT2D eigenvalue weighted by Gasteiger charge is 2.25. The van der Waals surface area contributed by atoms with Crippen molar-refractivity contribution in [2.75, 3.05) is 17.6 Å². The molecule has 0 aliphatic carbocycles. The van der Waals surface area contributed by atoms with E-state index in [9.17, 15) is 13.2 Å². The summed E-state index contributed by atoms with van der Waals surface area (Å²) in [6.07, 6.45) is 6.33. The smallest absolute Gasteiger partial charge is 0.258 e. The number of amidine groups is 1. The van der Waals surface area contributed by atoms with E-state index in [-0.39, 0.29) is 24.2 Å². The van der Waals surface area contributed by atoms with Crippen LogP contribution in [0.1, 0.15) is 19.9 Å². The molecule has 1 N–H and O–H groups in total. The molecule has 2 aliphatic heterocycles. The van der Waals surface area contributed by atoms with Gasteiger partial charge >= 0.3 is 0 Å². The molecule has 0 aromatic carbocycles. The fourth-order valence-corrected chi connectivity index (χ4v) is 3.32. The second-order valence-electron chi connectivity index (χ2n) is 5.56. The average Bonchev–Trinajstić information content (AvgIpc) is 2.94. The summed E-state index contributed by atoms with van der Waals surface area (Å²) >= 11 is 0. The largest absolute Gasteiger partial charge is 0.330 e. The fourth-order valence-electron chi connectivity index (χ4n) is 2.35. The van der Waals surface area contributed by atoms with Crippen molar-refractivity contribution in [3.05, 3.63) is 36.2 Å². The van der Waals surface area contributed by atoms with Crippen LogP contribution in [0.2, 0.25) is 0 Å². The predicted molar refractivity (Wildman–Crippen MR) is 86.4 cm³/mol. The van der Waals surface area contributed by atoms with Crippen molar-refractivity contribution in [3.63, 3.8) is 0 Å². The monoisotopic (exact) mass is 335 g/mol. The summed E-state index contributed by atoms with van der Waals surface area (Å²) in [7, 11) is -3.39. The van der Waals surface area contributed by atoms with Gasteiger partial charge in [0.05, 0.1) is 17.5 Å². The van der Waals surface area contributed by atoms with E-state index in [2.05, 4.69) is 14.8 Å². The van der Waals surface area contributed by atoms with Crippen molar-refractivity contribution < 1.29 is 13.2 Å². The second kappa shape index (κ2) is 5.65. The molecule has 1 aromatic rings. The van der Waals surface area contributed by atoms with Gasteiger partial charge < -0.3 is 10.2 Å². The molecule has 3 heterocycles. The standard InChI is InChI=1S/C14H17N5O3S/c1-10(2)19-12(5-6-15-19)16-14(20)11-3-4-13-17-23(21,22)8-7-18(13)9-11/h3-6,9-10H,7-8H2,1-2H3,(H,16,20). The lowest BCUT2D eigenvalue weighted by molar-refractivity contribution is -0.112. The van der Waals surface area contributed by atoms with Crippen molar-refractivity contribution in [2.24, 2.45) is 4.40 Å². The zero-order valence-corrected chi connectivity index (χ0v) is 13.6. The minimum Gasteiger partial charge on any atom is -0.330 e. The molecule has 9 heteroatoms. The number of anilines is 1. The number of carbonyl (C=O) groups is 1. The molecule has 0 spiro atoms. The molecule has 122 valence electrons. The van der Waals surface area contributed by atoms with E-state index in [1.165, 1.54) is 6.08 Å². The van der Waals surface area contributed by atoms with Crippen molar-refractivity contribution in [3.8, 4) is 0 Å². The van der Waals surface area contributed by atoms with Crippen LogP contribution in [0.25, 0.3) is 0 Å². The van der Waals surface area contributed by atoms with Gasteiger partial charge in [-0.15, -0.1) is 4.40 Å². The van der Waals surface area contributed by atoms with Gasteiger partial charge in [0.25, 0.3) is 15.9 Å². The number of nitrogens with zero attached hydrogens (tertiary/aromatic N) is 4. The maximum Gasteiger partial charge on any atom is 0.258 e. The Bertz CT molecular complexity index is 832. The van der Waals surface area contributed by atoms with Crippen molar-refractivity contribution in [2.45, 2.75) is 19.9 Å². The number of rotatable bonds is 3. The average molecular weight is 335 g/mol. The molecule has 0 radical (unpaired) electrons. The lowest BCUT2D eigenvalue weighted by atomic mass is 10.2. The molecular formula is C14H17N5O3S. The summed E-state index contributed by atoms with van der Waals surface area (Å²) in [4.78, 5) is 14.0. The number of sulfonamides is 1. The quantitative estimate of drug-likeness (QED) is 0.885. The van der Waals surface area contributed by atoms with E-state index >= 15 is 0 Å². The molecule has 1 aromatic heterocycles. The first-order valence-corrected chi connectivity index (χ1v) is 8.81. The molecule has 0 saturated heterocycles. The molecule has 0 saturated carbocycles. The van der Waals surface area contributed by atoms with Crippen molar-refractivity contribution in [1.29, 1.82) is 0 Å². The van der Waals surface area contributed by atoms with Gasteiger partial charge in [0.1, 0.15) is 11.7 Å². The number of amides is 1. The normalized spacial score (nSPS) is 19.2. The zero-order valence-electron chi connectivity index (χ0n) is 12.8. The predicted octanol–water partition coefficient (Wildman–Crippen LogP) is 0.900. The summed E-state index contributed by atoms with van der Waals surface area (Å²) in [5.41, 5.74) is 0.430. The van der Waals surface area contributed by atoms with Crippen LogP contribution in [-0.2, 0) is 14.8 Å². The number of hydrogen-bond donors (Lipinski definition) is 1. The Labute approximate surface area is 134 Å². The van der Waals surface area contributed by atoms with Crippen molar-refractivity contribution >= 4 is 27.6 Å². The molecule has 0 atom stereocenters. The highest BCUT2D eigenvalue weighted by molar-refractivity contribution is 7.90. The summed E-state index contributed by atoms with van der Waals surface area (Å²) < 4.78 is 28.3. The molecule has 3 rings (SSSR count). The van der Waals surface area contributed by atoms with Crippen LogP contribution >= 0.6 is 0 Å². The zero-order chi connectivity index (χ0) is 16.6. The number of hydrogen-bond acceptors (Lipinski definition) is 5. The number of nitrogens with one attached hydrogen (secondary N) is 1. The minimum absolute atomic E-state index is 0.0597. The van der Waals surface area contributed by atoms with Gasteiger partial charge in [0, 0.05) is 24.9 Å². The maximum absolute atomic E-state index is 12.4. The van der Waals surface area contributed by atoms with E-state index in [1.807, 2.05) is 13.8 Å².